The second-order valence-electron chi connectivity index (χ2n) is 5.03. The maximum absolute atomic E-state index is 12.6. The number of carboxylic acid groups (broad SMARTS) is 1. The van der Waals surface area contributed by atoms with Gasteiger partial charge in [-0.2, -0.15) is 0 Å². The van der Waals surface area contributed by atoms with Crippen molar-refractivity contribution in [3.05, 3.63) is 24.0 Å². The van der Waals surface area contributed by atoms with Crippen LogP contribution in [0, 0.1) is 0 Å². The molecule has 1 aliphatic carbocycles. The van der Waals surface area contributed by atoms with E-state index in [9.17, 15) is 14.7 Å². The van der Waals surface area contributed by atoms with Crippen LogP contribution in [0.25, 0.3) is 0 Å². The minimum atomic E-state index is -0.922. The van der Waals surface area contributed by atoms with Crippen LogP contribution in [0.3, 0.4) is 0 Å². The van der Waals surface area contributed by atoms with Gasteiger partial charge in [-0.1, -0.05) is 0 Å². The molecular formula is C13H16N2O3S. The molecule has 0 spiro atoms. The van der Waals surface area contributed by atoms with Crippen molar-refractivity contribution in [1.82, 2.24) is 9.47 Å². The zero-order chi connectivity index (χ0) is 13.6. The van der Waals surface area contributed by atoms with Crippen LogP contribution in [0.5, 0.6) is 0 Å². The standard InChI is InChI=1S/C13H16N2O3S/c1-8-15(11(7-19-8)13(17)18)12(16)10-3-2-6-14(10)9-4-5-9/h2-3,6,8-9,11H,4-5,7H2,1H3,(H,17,18). The molecule has 1 saturated heterocycles. The van der Waals surface area contributed by atoms with Crippen molar-refractivity contribution in [1.29, 1.82) is 0 Å². The Morgan fingerprint density at radius 3 is 2.79 bits per heavy atom. The third-order valence-electron chi connectivity index (χ3n) is 3.68. The second kappa shape index (κ2) is 4.59. The fraction of sp³-hybridized carbons (Fsp3) is 0.538. The summed E-state index contributed by atoms with van der Waals surface area (Å²) in [5, 5.41) is 9.14. The molecule has 1 amide bonds. The van der Waals surface area contributed by atoms with Gasteiger partial charge in [-0.25, -0.2) is 4.79 Å². The van der Waals surface area contributed by atoms with E-state index in [-0.39, 0.29) is 11.3 Å². The smallest absolute Gasteiger partial charge is 0.327 e. The molecule has 102 valence electrons. The van der Waals surface area contributed by atoms with Crippen molar-refractivity contribution in [3.63, 3.8) is 0 Å². The van der Waals surface area contributed by atoms with Crippen molar-refractivity contribution in [2.45, 2.75) is 37.2 Å². The molecule has 0 bridgehead atoms. The lowest BCUT2D eigenvalue weighted by Crippen LogP contribution is -2.45. The van der Waals surface area contributed by atoms with Crippen molar-refractivity contribution < 1.29 is 14.7 Å². The maximum atomic E-state index is 12.6. The molecule has 3 rings (SSSR count). The van der Waals surface area contributed by atoms with Gasteiger partial charge in [0.1, 0.15) is 11.7 Å². The Hall–Kier alpha value is -1.43. The first kappa shape index (κ1) is 12.6. The van der Waals surface area contributed by atoms with Gasteiger partial charge in [-0.15, -0.1) is 11.8 Å². The van der Waals surface area contributed by atoms with E-state index >= 15 is 0 Å². The van der Waals surface area contributed by atoms with E-state index < -0.39 is 12.0 Å². The van der Waals surface area contributed by atoms with Crippen LogP contribution >= 0.6 is 11.8 Å². The fourth-order valence-corrected chi connectivity index (χ4v) is 3.69. The molecule has 5 nitrogen and oxygen atoms in total. The molecule has 2 fully saturated rings. The molecule has 6 heteroatoms. The van der Waals surface area contributed by atoms with E-state index in [0.717, 1.165) is 12.8 Å². The summed E-state index contributed by atoms with van der Waals surface area (Å²) in [5.41, 5.74) is 0.614. The molecule has 1 saturated carbocycles. The van der Waals surface area contributed by atoms with Crippen molar-refractivity contribution >= 4 is 23.6 Å². The Kier molecular flexibility index (Phi) is 3.05. The molecule has 0 aromatic carbocycles. The predicted octanol–water partition coefficient (Wildman–Crippen LogP) is 1.81. The summed E-state index contributed by atoms with van der Waals surface area (Å²) in [6.45, 7) is 1.88. The summed E-state index contributed by atoms with van der Waals surface area (Å²) in [5.74, 6) is -0.622. The van der Waals surface area contributed by atoms with Gasteiger partial charge in [-0.05, 0) is 31.9 Å². The normalized spacial score (nSPS) is 26.7. The molecule has 2 heterocycles. The summed E-state index contributed by atoms with van der Waals surface area (Å²) in [4.78, 5) is 25.4. The highest BCUT2D eigenvalue weighted by Crippen LogP contribution is 2.37. The Morgan fingerprint density at radius 1 is 1.42 bits per heavy atom. The number of hydrogen-bond donors (Lipinski definition) is 1. The summed E-state index contributed by atoms with van der Waals surface area (Å²) in [6.07, 6.45) is 4.11. The van der Waals surface area contributed by atoms with Gasteiger partial charge in [0.25, 0.3) is 5.91 Å². The van der Waals surface area contributed by atoms with Gasteiger partial charge in [0.2, 0.25) is 0 Å². The maximum Gasteiger partial charge on any atom is 0.327 e. The van der Waals surface area contributed by atoms with Gasteiger partial charge >= 0.3 is 5.97 Å². The number of aliphatic carboxylic acids is 1. The molecule has 2 unspecified atom stereocenters. The Morgan fingerprint density at radius 2 is 2.16 bits per heavy atom. The molecule has 2 aliphatic rings. The van der Waals surface area contributed by atoms with E-state index in [0.29, 0.717) is 17.5 Å². The van der Waals surface area contributed by atoms with Crippen LogP contribution in [-0.2, 0) is 4.79 Å². The minimum absolute atomic E-state index is 0.0869. The summed E-state index contributed by atoms with van der Waals surface area (Å²) < 4.78 is 1.98. The van der Waals surface area contributed by atoms with Crippen LogP contribution in [0.4, 0.5) is 0 Å². The van der Waals surface area contributed by atoms with Gasteiger partial charge in [0.05, 0.1) is 5.37 Å². The van der Waals surface area contributed by atoms with Gasteiger partial charge in [-0.3, -0.25) is 4.79 Å². The van der Waals surface area contributed by atoms with E-state index in [4.69, 9.17) is 0 Å². The summed E-state index contributed by atoms with van der Waals surface area (Å²) in [7, 11) is 0. The van der Waals surface area contributed by atoms with Crippen LogP contribution < -0.4 is 0 Å². The highest BCUT2D eigenvalue weighted by atomic mass is 32.2. The monoisotopic (exact) mass is 280 g/mol. The summed E-state index contributed by atoms with van der Waals surface area (Å²) in [6, 6.07) is 3.35. The number of carboxylic acids is 1. The van der Waals surface area contributed by atoms with E-state index in [1.807, 2.05) is 23.8 Å². The van der Waals surface area contributed by atoms with Crippen LogP contribution in [-0.4, -0.2) is 43.6 Å². The van der Waals surface area contributed by atoms with Gasteiger partial charge < -0.3 is 14.6 Å². The first-order valence-electron chi connectivity index (χ1n) is 6.43. The first-order chi connectivity index (χ1) is 9.09. The molecule has 2 atom stereocenters. The van der Waals surface area contributed by atoms with Crippen molar-refractivity contribution in [2.75, 3.05) is 5.75 Å². The average Bonchev–Trinajstić information content (AvgIpc) is 2.96. The van der Waals surface area contributed by atoms with Crippen LogP contribution in [0.1, 0.15) is 36.3 Å². The zero-order valence-corrected chi connectivity index (χ0v) is 11.5. The molecular weight excluding hydrogens is 264 g/mol. The lowest BCUT2D eigenvalue weighted by molar-refractivity contribution is -0.141. The number of rotatable bonds is 3. The van der Waals surface area contributed by atoms with Gasteiger partial charge in [0, 0.05) is 18.0 Å². The number of nitrogens with zero attached hydrogens (tertiary/aromatic N) is 2. The zero-order valence-electron chi connectivity index (χ0n) is 10.7. The minimum Gasteiger partial charge on any atom is -0.480 e. The number of hydrogen-bond acceptors (Lipinski definition) is 3. The fourth-order valence-electron chi connectivity index (χ4n) is 2.52. The second-order valence-corrected chi connectivity index (χ2v) is 6.38. The summed E-state index contributed by atoms with van der Waals surface area (Å²) >= 11 is 1.51. The Balaban J connectivity index is 1.89. The molecule has 1 aromatic heterocycles. The van der Waals surface area contributed by atoms with Crippen LogP contribution in [0.2, 0.25) is 0 Å². The number of amides is 1. The van der Waals surface area contributed by atoms with E-state index in [1.54, 1.807) is 6.07 Å². The van der Waals surface area contributed by atoms with E-state index in [1.165, 1.54) is 16.7 Å². The highest BCUT2D eigenvalue weighted by Gasteiger charge is 2.41. The Bertz CT molecular complexity index is 524. The SMILES string of the molecule is CC1SCC(C(=O)O)N1C(=O)c1cccn1C1CC1. The highest BCUT2D eigenvalue weighted by molar-refractivity contribution is 8.00. The largest absolute Gasteiger partial charge is 0.480 e. The Labute approximate surface area is 115 Å². The quantitative estimate of drug-likeness (QED) is 0.917. The lowest BCUT2D eigenvalue weighted by Gasteiger charge is -2.25. The topological polar surface area (TPSA) is 62.5 Å². The number of aromatic nitrogens is 1. The molecule has 0 radical (unpaired) electrons. The first-order valence-corrected chi connectivity index (χ1v) is 7.48. The molecule has 1 N–H and O–H groups in total. The lowest BCUT2D eigenvalue weighted by atomic mass is 10.2. The number of carbonyl (C=O) groups excluding carboxylic acids is 1. The predicted molar refractivity (Wildman–Crippen MR) is 72.2 cm³/mol. The average molecular weight is 280 g/mol. The molecule has 1 aliphatic heterocycles. The van der Waals surface area contributed by atoms with Crippen LogP contribution in [0.15, 0.2) is 18.3 Å². The van der Waals surface area contributed by atoms with Gasteiger partial charge in [0.15, 0.2) is 0 Å². The van der Waals surface area contributed by atoms with Crippen molar-refractivity contribution in [3.8, 4) is 0 Å². The van der Waals surface area contributed by atoms with E-state index in [2.05, 4.69) is 0 Å². The molecule has 19 heavy (non-hydrogen) atoms. The third-order valence-corrected chi connectivity index (χ3v) is 4.90. The molecule has 1 aromatic rings. The number of carbonyl (C=O) groups is 2. The third kappa shape index (κ3) is 2.14. The number of thioether (sulfide) groups is 1. The van der Waals surface area contributed by atoms with Crippen molar-refractivity contribution in [2.24, 2.45) is 0 Å².